The molecule has 2 aliphatic rings. The first-order valence-electron chi connectivity index (χ1n) is 15.3. The van der Waals surface area contributed by atoms with Gasteiger partial charge in [-0.3, -0.25) is 14.5 Å². The first kappa shape index (κ1) is 33.8. The second-order valence-electron chi connectivity index (χ2n) is 12.8. The highest BCUT2D eigenvalue weighted by molar-refractivity contribution is 6.28. The smallest absolute Gasteiger partial charge is 0.298 e. The van der Waals surface area contributed by atoms with Crippen LogP contribution in [-0.4, -0.2) is 108 Å². The van der Waals surface area contributed by atoms with E-state index in [1.54, 1.807) is 4.90 Å². The van der Waals surface area contributed by atoms with E-state index in [1.807, 2.05) is 20.8 Å². The molecule has 44 heavy (non-hydrogen) atoms. The SMILES string of the molecule is CCN(C(=O)c1cc(F)cc(OC=O)c1Oc1nnc(Cl)nc1N1CCC2(C1)CN([C@H](CCCN(C)C)C(C)C)C2)C(C)C. The van der Waals surface area contributed by atoms with Gasteiger partial charge in [0.1, 0.15) is 5.82 Å². The highest BCUT2D eigenvalue weighted by Gasteiger charge is 2.50. The molecule has 3 heterocycles. The molecular weight excluding hydrogens is 589 g/mol. The van der Waals surface area contributed by atoms with Gasteiger partial charge in [0.2, 0.25) is 5.28 Å². The van der Waals surface area contributed by atoms with Gasteiger partial charge >= 0.3 is 0 Å². The molecular formula is C31H45ClFN7O4. The van der Waals surface area contributed by atoms with Gasteiger partial charge in [-0.1, -0.05) is 13.8 Å². The zero-order valence-corrected chi connectivity index (χ0v) is 27.6. The predicted octanol–water partition coefficient (Wildman–Crippen LogP) is 4.74. The van der Waals surface area contributed by atoms with E-state index in [2.05, 4.69) is 57.8 Å². The van der Waals surface area contributed by atoms with Crippen molar-refractivity contribution in [3.05, 3.63) is 28.8 Å². The minimum absolute atomic E-state index is 0.0182. The van der Waals surface area contributed by atoms with Crippen molar-refractivity contribution in [3.8, 4) is 17.4 Å². The number of nitrogens with zero attached hydrogens (tertiary/aromatic N) is 7. The van der Waals surface area contributed by atoms with Crippen LogP contribution in [0.1, 0.15) is 64.2 Å². The number of carbonyl (C=O) groups excluding carboxylic acids is 2. The van der Waals surface area contributed by atoms with Crippen LogP contribution in [0.2, 0.25) is 5.28 Å². The first-order valence-corrected chi connectivity index (χ1v) is 15.7. The number of likely N-dealkylation sites (tertiary alicyclic amines) is 1. The standard InChI is InChI=1S/C31H45ClFN7O4/c1-8-40(21(4)5)29(42)23-14-22(33)15-25(43-19-41)26(23)44-28-27(34-30(32)36-35-28)38-13-11-31(16-38)17-39(18-31)24(20(2)3)10-9-12-37(6)7/h14-15,19-21,24H,8-13,16-18H2,1-7H3/t24-/m1/s1. The van der Waals surface area contributed by atoms with Crippen molar-refractivity contribution in [3.63, 3.8) is 0 Å². The zero-order chi connectivity index (χ0) is 32.2. The second-order valence-corrected chi connectivity index (χ2v) is 13.2. The van der Waals surface area contributed by atoms with Crippen LogP contribution in [0, 0.1) is 17.2 Å². The number of aromatic nitrogens is 3. The summed E-state index contributed by atoms with van der Waals surface area (Å²) in [6, 6.07) is 2.41. The monoisotopic (exact) mass is 633 g/mol. The van der Waals surface area contributed by atoms with E-state index in [9.17, 15) is 14.0 Å². The van der Waals surface area contributed by atoms with Crippen LogP contribution in [0.5, 0.6) is 17.4 Å². The van der Waals surface area contributed by atoms with Gasteiger partial charge in [0, 0.05) is 56.3 Å². The van der Waals surface area contributed by atoms with Crippen LogP contribution in [0.15, 0.2) is 12.1 Å². The summed E-state index contributed by atoms with van der Waals surface area (Å²) < 4.78 is 25.9. The van der Waals surface area contributed by atoms with Crippen LogP contribution in [0.25, 0.3) is 0 Å². The molecule has 1 amide bonds. The van der Waals surface area contributed by atoms with Crippen molar-refractivity contribution in [2.75, 3.05) is 58.3 Å². The van der Waals surface area contributed by atoms with E-state index >= 15 is 0 Å². The molecule has 0 saturated carbocycles. The topological polar surface area (TPSA) is 104 Å². The highest BCUT2D eigenvalue weighted by Crippen LogP contribution is 2.45. The average Bonchev–Trinajstić information content (AvgIpc) is 3.38. The fourth-order valence-corrected chi connectivity index (χ4v) is 6.62. The van der Waals surface area contributed by atoms with Gasteiger partial charge in [-0.15, -0.1) is 10.2 Å². The number of carbonyl (C=O) groups is 2. The Hall–Kier alpha value is -3.09. The Morgan fingerprint density at radius 3 is 2.52 bits per heavy atom. The van der Waals surface area contributed by atoms with Crippen molar-refractivity contribution in [1.82, 2.24) is 29.9 Å². The van der Waals surface area contributed by atoms with Crippen LogP contribution in [0.3, 0.4) is 0 Å². The summed E-state index contributed by atoms with van der Waals surface area (Å²) in [7, 11) is 4.22. The molecule has 4 rings (SSSR count). The summed E-state index contributed by atoms with van der Waals surface area (Å²) in [4.78, 5) is 37.8. The first-order chi connectivity index (χ1) is 20.9. The van der Waals surface area contributed by atoms with Crippen LogP contribution < -0.4 is 14.4 Å². The van der Waals surface area contributed by atoms with E-state index in [1.165, 1.54) is 0 Å². The minimum atomic E-state index is -0.754. The van der Waals surface area contributed by atoms with Gasteiger partial charge in [0.15, 0.2) is 17.3 Å². The Balaban J connectivity index is 1.59. The lowest BCUT2D eigenvalue weighted by Crippen LogP contribution is -2.62. The normalized spacial score (nSPS) is 17.0. The summed E-state index contributed by atoms with van der Waals surface area (Å²) in [5, 5.41) is 7.99. The van der Waals surface area contributed by atoms with E-state index in [-0.39, 0.29) is 46.2 Å². The maximum atomic E-state index is 14.7. The third-order valence-corrected chi connectivity index (χ3v) is 8.78. The van der Waals surface area contributed by atoms with Crippen LogP contribution >= 0.6 is 11.6 Å². The maximum Gasteiger partial charge on any atom is 0.298 e. The number of hydrogen-bond donors (Lipinski definition) is 0. The van der Waals surface area contributed by atoms with Gasteiger partial charge in [-0.2, -0.15) is 4.98 Å². The molecule has 0 radical (unpaired) electrons. The molecule has 1 spiro atoms. The number of amides is 1. The van der Waals surface area contributed by atoms with Crippen LogP contribution in [-0.2, 0) is 4.79 Å². The lowest BCUT2D eigenvalue weighted by atomic mass is 9.76. The Labute approximate surface area is 264 Å². The number of anilines is 1. The van der Waals surface area contributed by atoms with Gasteiger partial charge < -0.3 is 24.2 Å². The van der Waals surface area contributed by atoms with Crippen molar-refractivity contribution in [2.45, 2.75) is 66.0 Å². The lowest BCUT2D eigenvalue weighted by Gasteiger charge is -2.53. The molecule has 0 aliphatic carbocycles. The van der Waals surface area contributed by atoms with Crippen molar-refractivity contribution in [2.24, 2.45) is 11.3 Å². The molecule has 2 aliphatic heterocycles. The summed E-state index contributed by atoms with van der Waals surface area (Å²) in [6.07, 6.45) is 3.29. The van der Waals surface area contributed by atoms with E-state index in [0.29, 0.717) is 30.9 Å². The molecule has 0 bridgehead atoms. The second kappa shape index (κ2) is 14.3. The quantitative estimate of drug-likeness (QED) is 0.271. The minimum Gasteiger partial charge on any atom is -0.430 e. The molecule has 11 nitrogen and oxygen atoms in total. The van der Waals surface area contributed by atoms with E-state index in [0.717, 1.165) is 57.6 Å². The molecule has 0 N–H and O–H groups in total. The fourth-order valence-electron chi connectivity index (χ4n) is 6.51. The van der Waals surface area contributed by atoms with E-state index in [4.69, 9.17) is 21.1 Å². The molecule has 1 aromatic carbocycles. The number of halogens is 2. The molecule has 1 aromatic heterocycles. The Morgan fingerprint density at radius 2 is 1.91 bits per heavy atom. The number of rotatable bonds is 14. The summed E-state index contributed by atoms with van der Waals surface area (Å²) in [5.74, 6) is -0.736. The van der Waals surface area contributed by atoms with Gasteiger partial charge in [0.05, 0.1) is 5.56 Å². The van der Waals surface area contributed by atoms with Crippen molar-refractivity contribution >= 4 is 29.8 Å². The predicted molar refractivity (Wildman–Crippen MR) is 167 cm³/mol. The van der Waals surface area contributed by atoms with Crippen LogP contribution in [0.4, 0.5) is 10.2 Å². The zero-order valence-electron chi connectivity index (χ0n) is 26.8. The molecule has 242 valence electrons. The van der Waals surface area contributed by atoms with Crippen molar-refractivity contribution < 1.29 is 23.5 Å². The Kier molecular flexibility index (Phi) is 11.0. The highest BCUT2D eigenvalue weighted by atomic mass is 35.5. The maximum absolute atomic E-state index is 14.7. The third kappa shape index (κ3) is 7.58. The molecule has 2 fully saturated rings. The summed E-state index contributed by atoms with van der Waals surface area (Å²) >= 11 is 6.21. The molecule has 1 atom stereocenters. The largest absolute Gasteiger partial charge is 0.430 e. The lowest BCUT2D eigenvalue weighted by molar-refractivity contribution is -0.120. The Morgan fingerprint density at radius 1 is 1.18 bits per heavy atom. The summed E-state index contributed by atoms with van der Waals surface area (Å²) in [5.41, 5.74) is -0.00736. The van der Waals surface area contributed by atoms with E-state index < -0.39 is 11.7 Å². The average molecular weight is 634 g/mol. The fraction of sp³-hybridized carbons (Fsp3) is 0.645. The van der Waals surface area contributed by atoms with Gasteiger partial charge in [-0.25, -0.2) is 4.39 Å². The third-order valence-electron chi connectivity index (χ3n) is 8.62. The van der Waals surface area contributed by atoms with Gasteiger partial charge in [0.25, 0.3) is 18.3 Å². The molecule has 2 aromatic rings. The number of ether oxygens (including phenoxy) is 2. The molecule has 13 heteroatoms. The number of benzene rings is 1. The number of hydrogen-bond acceptors (Lipinski definition) is 10. The Bertz CT molecular complexity index is 1320. The molecule has 0 unspecified atom stereocenters. The molecule has 2 saturated heterocycles. The van der Waals surface area contributed by atoms with Crippen molar-refractivity contribution in [1.29, 1.82) is 0 Å². The summed E-state index contributed by atoms with van der Waals surface area (Å²) in [6.45, 7) is 15.1. The van der Waals surface area contributed by atoms with Gasteiger partial charge in [-0.05, 0) is 84.3 Å².